The number of rotatable bonds is 4. The molecule has 1 aromatic carbocycles. The zero-order chi connectivity index (χ0) is 17.5. The Bertz CT molecular complexity index is 549. The maximum absolute atomic E-state index is 11.9. The normalized spacial score (nSPS) is 12.3. The Morgan fingerprint density at radius 1 is 1.22 bits per heavy atom. The first-order valence-corrected chi connectivity index (χ1v) is 7.81. The van der Waals surface area contributed by atoms with E-state index in [0.29, 0.717) is 0 Å². The monoisotopic (exact) mass is 317 g/mol. The lowest BCUT2D eigenvalue weighted by molar-refractivity contribution is -0.0261. The van der Waals surface area contributed by atoms with E-state index in [4.69, 9.17) is 9.47 Å². The largest absolute Gasteiger partial charge is 0.444 e. The smallest absolute Gasteiger partial charge is 0.411 e. The van der Waals surface area contributed by atoms with Gasteiger partial charge in [-0.25, -0.2) is 4.79 Å². The molecule has 0 fully saturated rings. The number of carbonyl (C=O) groups excluding carboxylic acids is 1. The van der Waals surface area contributed by atoms with E-state index in [-0.39, 0.29) is 18.8 Å². The van der Waals surface area contributed by atoms with E-state index in [1.807, 2.05) is 65.0 Å². The van der Waals surface area contributed by atoms with Crippen LogP contribution < -0.4 is 0 Å². The third-order valence-corrected chi connectivity index (χ3v) is 2.89. The highest BCUT2D eigenvalue weighted by molar-refractivity contribution is 5.67. The summed E-state index contributed by atoms with van der Waals surface area (Å²) in [4.78, 5) is 13.3. The number of ether oxygens (including phenoxy) is 2. The minimum atomic E-state index is -0.518. The molecule has 1 amide bonds. The van der Waals surface area contributed by atoms with Gasteiger partial charge < -0.3 is 9.47 Å². The van der Waals surface area contributed by atoms with Gasteiger partial charge in [0.1, 0.15) is 18.4 Å². The van der Waals surface area contributed by atoms with Gasteiger partial charge in [0.15, 0.2) is 0 Å². The number of benzene rings is 1. The van der Waals surface area contributed by atoms with Crippen molar-refractivity contribution in [2.24, 2.45) is 5.92 Å². The average Bonchev–Trinajstić information content (AvgIpc) is 2.45. The van der Waals surface area contributed by atoms with Crippen LogP contribution in [-0.4, -0.2) is 36.5 Å². The molecule has 0 radical (unpaired) electrons. The topological polar surface area (TPSA) is 38.8 Å². The zero-order valence-corrected chi connectivity index (χ0v) is 14.9. The zero-order valence-electron chi connectivity index (χ0n) is 14.9. The fraction of sp³-hybridized carbons (Fsp3) is 0.526. The summed E-state index contributed by atoms with van der Waals surface area (Å²) in [6.07, 6.45) is -0.656. The molecule has 0 aliphatic carbocycles. The predicted molar refractivity (Wildman–Crippen MR) is 91.9 cm³/mol. The van der Waals surface area contributed by atoms with Crippen LogP contribution in [0.15, 0.2) is 30.3 Å². The van der Waals surface area contributed by atoms with E-state index < -0.39 is 11.7 Å². The van der Waals surface area contributed by atoms with Gasteiger partial charge in [0.05, 0.1) is 0 Å². The Labute approximate surface area is 139 Å². The van der Waals surface area contributed by atoms with Crippen molar-refractivity contribution in [3.63, 3.8) is 0 Å². The summed E-state index contributed by atoms with van der Waals surface area (Å²) in [6, 6.07) is 9.77. The number of nitrogens with zero attached hydrogens (tertiary/aromatic N) is 1. The molecule has 126 valence electrons. The molecule has 0 aliphatic heterocycles. The third kappa shape index (κ3) is 7.71. The molecular formula is C19H27NO3. The summed E-state index contributed by atoms with van der Waals surface area (Å²) in [5.41, 5.74) is 0.429. The molecule has 1 aromatic rings. The molecule has 0 aliphatic rings. The average molecular weight is 317 g/mol. The molecule has 4 nitrogen and oxygen atoms in total. The van der Waals surface area contributed by atoms with E-state index in [1.165, 1.54) is 4.90 Å². The fourth-order valence-corrected chi connectivity index (χ4v) is 1.66. The second kappa shape index (κ2) is 8.59. The van der Waals surface area contributed by atoms with E-state index in [9.17, 15) is 4.79 Å². The van der Waals surface area contributed by atoms with Gasteiger partial charge >= 0.3 is 6.09 Å². The highest BCUT2D eigenvalue weighted by Gasteiger charge is 2.20. The molecule has 0 spiro atoms. The van der Waals surface area contributed by atoms with Gasteiger partial charge in [-0.3, -0.25) is 4.90 Å². The van der Waals surface area contributed by atoms with Crippen LogP contribution in [0, 0.1) is 17.8 Å². The van der Waals surface area contributed by atoms with Gasteiger partial charge in [0.25, 0.3) is 0 Å². The SMILES string of the molecule is CC(C)[C@H](C#Cc1ccccc1)OCN(C)C(=O)OC(C)(C)C. The first kappa shape index (κ1) is 19.1. The minimum absolute atomic E-state index is 0.140. The minimum Gasteiger partial charge on any atom is -0.444 e. The Morgan fingerprint density at radius 2 is 1.83 bits per heavy atom. The highest BCUT2D eigenvalue weighted by Crippen LogP contribution is 2.11. The van der Waals surface area contributed by atoms with Crippen molar-refractivity contribution in [2.45, 2.75) is 46.3 Å². The summed E-state index contributed by atoms with van der Waals surface area (Å²) in [5, 5.41) is 0. The predicted octanol–water partition coefficient (Wildman–Crippen LogP) is 3.90. The quantitative estimate of drug-likeness (QED) is 0.624. The standard InChI is InChI=1S/C19H27NO3/c1-15(2)17(13-12-16-10-8-7-9-11-16)22-14-20(6)18(21)23-19(3,4)5/h7-11,15,17H,14H2,1-6H3/t17-/m0/s1. The lowest BCUT2D eigenvalue weighted by Crippen LogP contribution is -2.37. The van der Waals surface area contributed by atoms with Gasteiger partial charge in [-0.15, -0.1) is 0 Å². The lowest BCUT2D eigenvalue weighted by atomic mass is 10.1. The molecule has 0 aromatic heterocycles. The Hall–Kier alpha value is -1.99. The molecule has 0 N–H and O–H groups in total. The van der Waals surface area contributed by atoms with Crippen LogP contribution in [0.4, 0.5) is 4.79 Å². The maximum atomic E-state index is 11.9. The second-order valence-corrected chi connectivity index (χ2v) is 6.77. The number of hydrogen-bond donors (Lipinski definition) is 0. The van der Waals surface area contributed by atoms with Gasteiger partial charge in [0.2, 0.25) is 0 Å². The maximum Gasteiger partial charge on any atom is 0.411 e. The first-order chi connectivity index (χ1) is 10.7. The van der Waals surface area contributed by atoms with Crippen LogP contribution in [0.3, 0.4) is 0 Å². The fourth-order valence-electron chi connectivity index (χ4n) is 1.66. The van der Waals surface area contributed by atoms with Crippen LogP contribution in [-0.2, 0) is 9.47 Å². The summed E-state index contributed by atoms with van der Waals surface area (Å²) in [6.45, 7) is 9.72. The van der Waals surface area contributed by atoms with Crippen molar-refractivity contribution in [3.8, 4) is 11.8 Å². The molecule has 0 saturated heterocycles. The Balaban J connectivity index is 2.61. The molecule has 23 heavy (non-hydrogen) atoms. The Morgan fingerprint density at radius 3 is 2.35 bits per heavy atom. The molecule has 0 bridgehead atoms. The van der Waals surface area contributed by atoms with Crippen molar-refractivity contribution in [3.05, 3.63) is 35.9 Å². The molecular weight excluding hydrogens is 290 g/mol. The molecule has 1 rings (SSSR count). The van der Waals surface area contributed by atoms with Crippen LogP contribution in [0.1, 0.15) is 40.2 Å². The second-order valence-electron chi connectivity index (χ2n) is 6.77. The van der Waals surface area contributed by atoms with Gasteiger partial charge in [0, 0.05) is 12.6 Å². The van der Waals surface area contributed by atoms with Crippen molar-refractivity contribution < 1.29 is 14.3 Å². The molecule has 0 heterocycles. The number of amides is 1. The van der Waals surface area contributed by atoms with Crippen molar-refractivity contribution in [1.82, 2.24) is 4.90 Å². The molecule has 1 atom stereocenters. The van der Waals surface area contributed by atoms with Crippen molar-refractivity contribution in [1.29, 1.82) is 0 Å². The van der Waals surface area contributed by atoms with Gasteiger partial charge in [-0.2, -0.15) is 0 Å². The lowest BCUT2D eigenvalue weighted by Gasteiger charge is -2.26. The summed E-state index contributed by atoms with van der Waals surface area (Å²) in [7, 11) is 1.65. The molecule has 0 saturated carbocycles. The first-order valence-electron chi connectivity index (χ1n) is 7.81. The molecule has 4 heteroatoms. The van der Waals surface area contributed by atoms with E-state index in [0.717, 1.165) is 5.56 Å². The number of hydrogen-bond acceptors (Lipinski definition) is 3. The third-order valence-electron chi connectivity index (χ3n) is 2.89. The van der Waals surface area contributed by atoms with E-state index in [2.05, 4.69) is 11.8 Å². The van der Waals surface area contributed by atoms with Crippen molar-refractivity contribution in [2.75, 3.05) is 13.8 Å². The molecule has 0 unspecified atom stereocenters. The van der Waals surface area contributed by atoms with E-state index in [1.54, 1.807) is 7.05 Å². The summed E-state index contributed by atoms with van der Waals surface area (Å²) < 4.78 is 11.1. The van der Waals surface area contributed by atoms with Crippen LogP contribution >= 0.6 is 0 Å². The van der Waals surface area contributed by atoms with E-state index >= 15 is 0 Å². The van der Waals surface area contributed by atoms with Crippen LogP contribution in [0.5, 0.6) is 0 Å². The highest BCUT2D eigenvalue weighted by atomic mass is 16.6. The van der Waals surface area contributed by atoms with Gasteiger partial charge in [-0.1, -0.05) is 43.9 Å². The summed E-state index contributed by atoms with van der Waals surface area (Å²) in [5.74, 6) is 6.46. The van der Waals surface area contributed by atoms with Crippen LogP contribution in [0.25, 0.3) is 0 Å². The number of carbonyl (C=O) groups is 1. The Kier molecular flexibility index (Phi) is 7.12. The van der Waals surface area contributed by atoms with Crippen LogP contribution in [0.2, 0.25) is 0 Å². The summed E-state index contributed by atoms with van der Waals surface area (Å²) >= 11 is 0. The van der Waals surface area contributed by atoms with Crippen molar-refractivity contribution >= 4 is 6.09 Å². The van der Waals surface area contributed by atoms with Gasteiger partial charge in [-0.05, 0) is 38.8 Å².